The van der Waals surface area contributed by atoms with Crippen molar-refractivity contribution in [2.75, 3.05) is 27.1 Å². The number of halogens is 1. The molecule has 12 heteroatoms. The summed E-state index contributed by atoms with van der Waals surface area (Å²) in [7, 11) is 4.58. The van der Waals surface area contributed by atoms with Gasteiger partial charge in [-0.2, -0.15) is 5.10 Å². The number of aryl methyl sites for hydroxylation is 2. The lowest BCUT2D eigenvalue weighted by molar-refractivity contribution is -0.118. The molecule has 0 fully saturated rings. The SMILES string of the molecule is COc1ccc(C=NNC(=O)CSc2nc3sc4c(c3c(=O)n2-c2ccc(Br)cc2)CCCC4)c(OC)c1OC. The molecule has 1 aliphatic carbocycles. The molecule has 0 bridgehead atoms. The van der Waals surface area contributed by atoms with Gasteiger partial charge in [-0.05, 0) is 67.6 Å². The Kier molecular flexibility index (Phi) is 8.77. The molecule has 40 heavy (non-hydrogen) atoms. The second-order valence-corrected chi connectivity index (χ2v) is 11.8. The van der Waals surface area contributed by atoms with E-state index in [1.165, 1.54) is 37.1 Å². The predicted octanol–water partition coefficient (Wildman–Crippen LogP) is 5.36. The van der Waals surface area contributed by atoms with Gasteiger partial charge in [0.1, 0.15) is 4.83 Å². The molecule has 1 aliphatic rings. The third kappa shape index (κ3) is 5.61. The normalized spacial score (nSPS) is 12.9. The van der Waals surface area contributed by atoms with Gasteiger partial charge in [-0.3, -0.25) is 14.2 Å². The molecule has 9 nitrogen and oxygen atoms in total. The number of hydrazone groups is 1. The van der Waals surface area contributed by atoms with Crippen LogP contribution in [0.25, 0.3) is 15.9 Å². The van der Waals surface area contributed by atoms with Crippen LogP contribution in [0.3, 0.4) is 0 Å². The Morgan fingerprint density at radius 1 is 1.10 bits per heavy atom. The lowest BCUT2D eigenvalue weighted by Gasteiger charge is -2.14. The monoisotopic (exact) mass is 642 g/mol. The minimum absolute atomic E-state index is 0.0139. The van der Waals surface area contributed by atoms with E-state index in [0.717, 1.165) is 40.5 Å². The Labute approximate surface area is 247 Å². The summed E-state index contributed by atoms with van der Waals surface area (Å²) >= 11 is 6.24. The lowest BCUT2D eigenvalue weighted by Crippen LogP contribution is -2.24. The zero-order valence-electron chi connectivity index (χ0n) is 22.2. The quantitative estimate of drug-likeness (QED) is 0.113. The topological polar surface area (TPSA) is 104 Å². The zero-order chi connectivity index (χ0) is 28.2. The largest absolute Gasteiger partial charge is 0.493 e. The zero-order valence-corrected chi connectivity index (χ0v) is 25.4. The molecule has 0 saturated carbocycles. The first-order chi connectivity index (χ1) is 19.4. The van der Waals surface area contributed by atoms with Gasteiger partial charge >= 0.3 is 0 Å². The summed E-state index contributed by atoms with van der Waals surface area (Å²) < 4.78 is 18.7. The summed E-state index contributed by atoms with van der Waals surface area (Å²) in [5.41, 5.74) is 4.86. The van der Waals surface area contributed by atoms with Crippen molar-refractivity contribution in [3.05, 3.63) is 67.2 Å². The number of benzene rings is 2. The minimum Gasteiger partial charge on any atom is -0.493 e. The van der Waals surface area contributed by atoms with Gasteiger partial charge in [0, 0.05) is 14.9 Å². The Hall–Kier alpha value is -3.35. The number of nitrogens with zero attached hydrogens (tertiary/aromatic N) is 3. The van der Waals surface area contributed by atoms with Crippen molar-refractivity contribution < 1.29 is 19.0 Å². The smallest absolute Gasteiger partial charge is 0.267 e. The van der Waals surface area contributed by atoms with Gasteiger partial charge < -0.3 is 14.2 Å². The first-order valence-electron chi connectivity index (χ1n) is 12.5. The van der Waals surface area contributed by atoms with E-state index in [0.29, 0.717) is 39.0 Å². The first-order valence-corrected chi connectivity index (χ1v) is 15.1. The second-order valence-electron chi connectivity index (χ2n) is 8.91. The number of hydrogen-bond donors (Lipinski definition) is 1. The molecular formula is C28H27BrN4O5S2. The highest BCUT2D eigenvalue weighted by molar-refractivity contribution is 9.10. The van der Waals surface area contributed by atoms with E-state index in [4.69, 9.17) is 19.2 Å². The summed E-state index contributed by atoms with van der Waals surface area (Å²) in [5.74, 6) is 1.05. The number of nitrogens with one attached hydrogen (secondary N) is 1. The maximum Gasteiger partial charge on any atom is 0.267 e. The fraction of sp³-hybridized carbons (Fsp3) is 0.286. The molecule has 208 valence electrons. The van der Waals surface area contributed by atoms with Crippen LogP contribution in [-0.2, 0) is 17.6 Å². The van der Waals surface area contributed by atoms with E-state index < -0.39 is 0 Å². The molecule has 2 aromatic heterocycles. The number of rotatable bonds is 9. The van der Waals surface area contributed by atoms with Crippen LogP contribution in [-0.4, -0.2) is 48.8 Å². The van der Waals surface area contributed by atoms with Crippen molar-refractivity contribution in [3.8, 4) is 22.9 Å². The Bertz CT molecular complexity index is 1650. The van der Waals surface area contributed by atoms with Crippen molar-refractivity contribution in [3.63, 3.8) is 0 Å². The average molecular weight is 644 g/mol. The fourth-order valence-corrected chi connectivity index (χ4v) is 7.04. The first kappa shape index (κ1) is 28.2. The lowest BCUT2D eigenvalue weighted by atomic mass is 9.97. The van der Waals surface area contributed by atoms with Crippen molar-refractivity contribution in [2.24, 2.45) is 5.10 Å². The van der Waals surface area contributed by atoms with Gasteiger partial charge in [0.25, 0.3) is 11.5 Å². The van der Waals surface area contributed by atoms with Crippen LogP contribution in [0.1, 0.15) is 28.8 Å². The van der Waals surface area contributed by atoms with Crippen molar-refractivity contribution in [1.29, 1.82) is 0 Å². The number of thiophene rings is 1. The van der Waals surface area contributed by atoms with Crippen molar-refractivity contribution >= 4 is 61.4 Å². The van der Waals surface area contributed by atoms with E-state index in [9.17, 15) is 9.59 Å². The van der Waals surface area contributed by atoms with E-state index in [1.54, 1.807) is 35.1 Å². The number of aromatic nitrogens is 2. The van der Waals surface area contributed by atoms with Crippen LogP contribution in [0, 0.1) is 0 Å². The summed E-state index contributed by atoms with van der Waals surface area (Å²) in [6.45, 7) is 0. The van der Waals surface area contributed by atoms with E-state index >= 15 is 0 Å². The van der Waals surface area contributed by atoms with Gasteiger partial charge in [-0.1, -0.05) is 27.7 Å². The molecule has 0 unspecified atom stereocenters. The molecule has 1 amide bonds. The highest BCUT2D eigenvalue weighted by Crippen LogP contribution is 2.39. The van der Waals surface area contributed by atoms with Crippen molar-refractivity contribution in [1.82, 2.24) is 15.0 Å². The maximum atomic E-state index is 13.8. The third-order valence-electron chi connectivity index (χ3n) is 6.50. The van der Waals surface area contributed by atoms with E-state index in [-0.39, 0.29) is 17.2 Å². The molecular weight excluding hydrogens is 616 g/mol. The highest BCUT2D eigenvalue weighted by Gasteiger charge is 2.23. The molecule has 2 aromatic carbocycles. The van der Waals surface area contributed by atoms with Gasteiger partial charge in [0.05, 0.1) is 44.4 Å². The van der Waals surface area contributed by atoms with Crippen LogP contribution < -0.4 is 25.2 Å². The summed E-state index contributed by atoms with van der Waals surface area (Å²) in [6, 6.07) is 11.0. The van der Waals surface area contributed by atoms with Gasteiger partial charge in [-0.25, -0.2) is 10.4 Å². The molecule has 0 spiro atoms. The fourth-order valence-electron chi connectivity index (χ4n) is 4.66. The minimum atomic E-state index is -0.345. The number of amides is 1. The van der Waals surface area contributed by atoms with Crippen LogP contribution in [0.15, 0.2) is 55.9 Å². The number of methoxy groups -OCH3 is 3. The van der Waals surface area contributed by atoms with Gasteiger partial charge in [0.2, 0.25) is 5.75 Å². The van der Waals surface area contributed by atoms with Crippen LogP contribution in [0.5, 0.6) is 17.2 Å². The van der Waals surface area contributed by atoms with Crippen LogP contribution in [0.4, 0.5) is 0 Å². The number of hydrogen-bond acceptors (Lipinski definition) is 9. The maximum absolute atomic E-state index is 13.8. The average Bonchev–Trinajstić information content (AvgIpc) is 3.35. The van der Waals surface area contributed by atoms with Crippen LogP contribution in [0.2, 0.25) is 0 Å². The molecule has 5 rings (SSSR count). The summed E-state index contributed by atoms with van der Waals surface area (Å²) in [4.78, 5) is 33.4. The van der Waals surface area contributed by atoms with Gasteiger partial charge in [-0.15, -0.1) is 11.3 Å². The molecule has 2 heterocycles. The number of fused-ring (bicyclic) bond motifs is 3. The van der Waals surface area contributed by atoms with E-state index in [1.807, 2.05) is 24.3 Å². The number of carbonyl (C=O) groups excluding carboxylic acids is 1. The third-order valence-corrected chi connectivity index (χ3v) is 9.16. The molecule has 0 atom stereocenters. The van der Waals surface area contributed by atoms with Crippen LogP contribution >= 0.6 is 39.0 Å². The van der Waals surface area contributed by atoms with E-state index in [2.05, 4.69) is 26.5 Å². The Balaban J connectivity index is 1.39. The standard InChI is InChI=1S/C28H27BrN4O5S2/c1-36-20-13-8-16(24(37-2)25(20)38-3)14-30-32-22(34)15-39-28-31-26-23(19-6-4-5-7-21(19)40-26)27(35)33(28)18-11-9-17(29)10-12-18/h8-14H,4-7,15H2,1-3H3,(H,32,34). The summed E-state index contributed by atoms with van der Waals surface area (Å²) in [5, 5.41) is 5.25. The number of thioether (sulfide) groups is 1. The predicted molar refractivity (Wildman–Crippen MR) is 162 cm³/mol. The highest BCUT2D eigenvalue weighted by atomic mass is 79.9. The number of carbonyl (C=O) groups is 1. The van der Waals surface area contributed by atoms with Crippen molar-refractivity contribution in [2.45, 2.75) is 30.8 Å². The Morgan fingerprint density at radius 2 is 1.85 bits per heavy atom. The molecule has 0 radical (unpaired) electrons. The summed E-state index contributed by atoms with van der Waals surface area (Å²) in [6.07, 6.45) is 5.54. The molecule has 0 aliphatic heterocycles. The molecule has 4 aromatic rings. The second kappa shape index (κ2) is 12.4. The number of ether oxygens (including phenoxy) is 3. The molecule has 0 saturated heterocycles. The molecule has 1 N–H and O–H groups in total. The Morgan fingerprint density at radius 3 is 2.58 bits per heavy atom. The van der Waals surface area contributed by atoms with Gasteiger partial charge in [0.15, 0.2) is 16.7 Å².